The third kappa shape index (κ3) is 5.18. The number of benzene rings is 3. The van der Waals surface area contributed by atoms with Gasteiger partial charge in [0.1, 0.15) is 5.69 Å². The van der Waals surface area contributed by atoms with Gasteiger partial charge in [0.25, 0.3) is 11.8 Å². The summed E-state index contributed by atoms with van der Waals surface area (Å²) in [7, 11) is 0. The van der Waals surface area contributed by atoms with E-state index in [4.69, 9.17) is 5.26 Å². The predicted molar refractivity (Wildman–Crippen MR) is 135 cm³/mol. The second-order valence-electron chi connectivity index (χ2n) is 7.50. The van der Waals surface area contributed by atoms with E-state index in [1.807, 2.05) is 18.2 Å². The lowest BCUT2D eigenvalue weighted by Gasteiger charge is -2.08. The first-order valence-electron chi connectivity index (χ1n) is 10.6. The molecular formula is C26H20N4O4S. The normalized spacial score (nSPS) is 10.5. The topological polar surface area (TPSA) is 135 Å². The Morgan fingerprint density at radius 3 is 2.40 bits per heavy atom. The number of carboxylic acids is 1. The van der Waals surface area contributed by atoms with Gasteiger partial charge in [-0.3, -0.25) is 9.59 Å². The Morgan fingerprint density at radius 1 is 0.971 bits per heavy atom. The number of nitrogens with zero attached hydrogens (tertiary/aromatic N) is 1. The first-order valence-corrected chi connectivity index (χ1v) is 11.6. The van der Waals surface area contributed by atoms with Crippen molar-refractivity contribution >= 4 is 51.8 Å². The molecule has 9 heteroatoms. The van der Waals surface area contributed by atoms with E-state index in [1.54, 1.807) is 48.2 Å². The second kappa shape index (κ2) is 10.2. The van der Waals surface area contributed by atoms with Crippen molar-refractivity contribution in [2.75, 3.05) is 16.4 Å². The maximum absolute atomic E-state index is 12.9. The van der Waals surface area contributed by atoms with Crippen molar-refractivity contribution in [1.82, 2.24) is 4.98 Å². The van der Waals surface area contributed by atoms with Crippen LogP contribution in [0.4, 0.5) is 11.4 Å². The Bertz CT molecular complexity index is 1490. The summed E-state index contributed by atoms with van der Waals surface area (Å²) < 4.78 is 0. The predicted octanol–water partition coefficient (Wildman–Crippen LogP) is 5.35. The molecule has 0 saturated carbocycles. The van der Waals surface area contributed by atoms with Crippen molar-refractivity contribution in [2.24, 2.45) is 0 Å². The molecule has 1 heterocycles. The number of rotatable bonds is 7. The van der Waals surface area contributed by atoms with E-state index < -0.39 is 11.9 Å². The van der Waals surface area contributed by atoms with Gasteiger partial charge in [0, 0.05) is 15.8 Å². The minimum absolute atomic E-state index is 0.0679. The SMILES string of the molecule is CCSc1ccc(C(=O)Nc2cccc3cc(C(=O)Nc4ccc(C#N)cc4C(=O)O)[nH]c23)cc1. The van der Waals surface area contributed by atoms with E-state index in [2.05, 4.69) is 22.5 Å². The molecule has 0 saturated heterocycles. The molecule has 0 aliphatic heterocycles. The van der Waals surface area contributed by atoms with Gasteiger partial charge in [-0.2, -0.15) is 5.26 Å². The fourth-order valence-electron chi connectivity index (χ4n) is 3.54. The molecule has 35 heavy (non-hydrogen) atoms. The molecule has 0 radical (unpaired) electrons. The third-order valence-corrected chi connectivity index (χ3v) is 6.10. The molecule has 174 valence electrons. The van der Waals surface area contributed by atoms with Crippen LogP contribution in [0.2, 0.25) is 0 Å². The molecule has 0 bridgehead atoms. The Kier molecular flexibility index (Phi) is 6.85. The first-order chi connectivity index (χ1) is 16.9. The molecule has 2 amide bonds. The molecule has 1 aromatic heterocycles. The highest BCUT2D eigenvalue weighted by Gasteiger charge is 2.17. The quantitative estimate of drug-likeness (QED) is 0.261. The number of aromatic amines is 1. The summed E-state index contributed by atoms with van der Waals surface area (Å²) in [6.07, 6.45) is 0. The Hall–Kier alpha value is -4.55. The van der Waals surface area contributed by atoms with Crippen LogP contribution in [0.5, 0.6) is 0 Å². The number of para-hydroxylation sites is 1. The highest BCUT2D eigenvalue weighted by molar-refractivity contribution is 7.99. The van der Waals surface area contributed by atoms with E-state index in [0.717, 1.165) is 10.6 Å². The van der Waals surface area contributed by atoms with Gasteiger partial charge in [-0.25, -0.2) is 4.79 Å². The Balaban J connectivity index is 1.57. The fraction of sp³-hybridized carbons (Fsp3) is 0.0769. The standard InChI is InChI=1S/C26H20N4O4S/c1-2-35-18-9-7-16(8-10-18)24(31)30-21-5-3-4-17-13-22(28-23(17)21)25(32)29-20-11-6-15(14-27)12-19(20)26(33)34/h3-13,28H,2H2,1H3,(H,29,32)(H,30,31)(H,33,34). The van der Waals surface area contributed by atoms with Crippen molar-refractivity contribution < 1.29 is 19.5 Å². The fourth-order valence-corrected chi connectivity index (χ4v) is 4.20. The van der Waals surface area contributed by atoms with Crippen molar-refractivity contribution in [3.8, 4) is 6.07 Å². The third-order valence-electron chi connectivity index (χ3n) is 5.20. The molecular weight excluding hydrogens is 464 g/mol. The van der Waals surface area contributed by atoms with Gasteiger partial charge in [-0.05, 0) is 60.4 Å². The number of carboxylic acid groups (broad SMARTS) is 1. The van der Waals surface area contributed by atoms with Crippen LogP contribution in [-0.4, -0.2) is 33.6 Å². The van der Waals surface area contributed by atoms with E-state index in [-0.39, 0.29) is 28.4 Å². The van der Waals surface area contributed by atoms with Gasteiger partial charge in [0.15, 0.2) is 0 Å². The highest BCUT2D eigenvalue weighted by Crippen LogP contribution is 2.26. The smallest absolute Gasteiger partial charge is 0.337 e. The molecule has 4 rings (SSSR count). The van der Waals surface area contributed by atoms with Crippen LogP contribution >= 0.6 is 11.8 Å². The molecule has 0 atom stereocenters. The summed E-state index contributed by atoms with van der Waals surface area (Å²) in [5, 5.41) is 24.6. The van der Waals surface area contributed by atoms with E-state index >= 15 is 0 Å². The molecule has 8 nitrogen and oxygen atoms in total. The first kappa shape index (κ1) is 23.6. The average Bonchev–Trinajstić information content (AvgIpc) is 3.30. The number of nitriles is 1. The largest absolute Gasteiger partial charge is 0.478 e. The summed E-state index contributed by atoms with van der Waals surface area (Å²) in [6, 6.07) is 20.1. The summed E-state index contributed by atoms with van der Waals surface area (Å²) in [5.41, 5.74) is 1.80. The number of nitrogens with one attached hydrogen (secondary N) is 3. The lowest BCUT2D eigenvalue weighted by molar-refractivity contribution is 0.0697. The number of thioether (sulfide) groups is 1. The van der Waals surface area contributed by atoms with Crippen molar-refractivity contribution in [1.29, 1.82) is 5.26 Å². The van der Waals surface area contributed by atoms with Crippen LogP contribution in [0, 0.1) is 11.3 Å². The lowest BCUT2D eigenvalue weighted by Crippen LogP contribution is -2.15. The number of aromatic carboxylic acids is 1. The van der Waals surface area contributed by atoms with E-state index in [0.29, 0.717) is 22.2 Å². The molecule has 4 N–H and O–H groups in total. The monoisotopic (exact) mass is 484 g/mol. The van der Waals surface area contributed by atoms with Gasteiger partial charge in [0.2, 0.25) is 0 Å². The van der Waals surface area contributed by atoms with Crippen LogP contribution in [-0.2, 0) is 0 Å². The minimum Gasteiger partial charge on any atom is -0.478 e. The van der Waals surface area contributed by atoms with Crippen molar-refractivity contribution in [2.45, 2.75) is 11.8 Å². The second-order valence-corrected chi connectivity index (χ2v) is 8.83. The summed E-state index contributed by atoms with van der Waals surface area (Å²) in [5.74, 6) is -1.16. The molecule has 0 spiro atoms. The van der Waals surface area contributed by atoms with Gasteiger partial charge < -0.3 is 20.7 Å². The number of hydrogen-bond donors (Lipinski definition) is 4. The van der Waals surface area contributed by atoms with Crippen molar-refractivity contribution in [3.05, 3.63) is 89.1 Å². The van der Waals surface area contributed by atoms with E-state index in [9.17, 15) is 19.5 Å². The number of carbonyl (C=O) groups excluding carboxylic acids is 2. The molecule has 0 aliphatic carbocycles. The number of anilines is 2. The van der Waals surface area contributed by atoms with Gasteiger partial charge in [-0.15, -0.1) is 11.8 Å². The summed E-state index contributed by atoms with van der Waals surface area (Å²) in [6.45, 7) is 2.06. The van der Waals surface area contributed by atoms with Gasteiger partial charge >= 0.3 is 5.97 Å². The maximum atomic E-state index is 12.9. The molecule has 3 aromatic carbocycles. The molecule has 0 aliphatic rings. The minimum atomic E-state index is -1.26. The number of fused-ring (bicyclic) bond motifs is 1. The van der Waals surface area contributed by atoms with Gasteiger partial charge in [0.05, 0.1) is 34.1 Å². The van der Waals surface area contributed by atoms with Crippen LogP contribution in [0.15, 0.2) is 71.6 Å². The summed E-state index contributed by atoms with van der Waals surface area (Å²) >= 11 is 1.69. The summed E-state index contributed by atoms with van der Waals surface area (Å²) in [4.78, 5) is 41.3. The Morgan fingerprint density at radius 2 is 1.71 bits per heavy atom. The zero-order valence-electron chi connectivity index (χ0n) is 18.6. The van der Waals surface area contributed by atoms with Crippen LogP contribution in [0.1, 0.15) is 43.7 Å². The number of aromatic nitrogens is 1. The zero-order valence-corrected chi connectivity index (χ0v) is 19.4. The number of H-pyrrole nitrogens is 1. The average molecular weight is 485 g/mol. The molecule has 0 unspecified atom stereocenters. The van der Waals surface area contributed by atoms with Gasteiger partial charge in [-0.1, -0.05) is 19.1 Å². The lowest BCUT2D eigenvalue weighted by atomic mass is 10.1. The highest BCUT2D eigenvalue weighted by atomic mass is 32.2. The molecule has 0 fully saturated rings. The van der Waals surface area contributed by atoms with Crippen molar-refractivity contribution in [3.63, 3.8) is 0 Å². The van der Waals surface area contributed by atoms with E-state index in [1.165, 1.54) is 18.2 Å². The molecule has 4 aromatic rings. The Labute approximate surface area is 205 Å². The zero-order chi connectivity index (χ0) is 24.9. The number of carbonyl (C=O) groups is 3. The number of hydrogen-bond acceptors (Lipinski definition) is 5. The maximum Gasteiger partial charge on any atom is 0.337 e. The van der Waals surface area contributed by atoms with Crippen LogP contribution < -0.4 is 10.6 Å². The number of amides is 2. The van der Waals surface area contributed by atoms with Crippen LogP contribution in [0.25, 0.3) is 10.9 Å². The van der Waals surface area contributed by atoms with Crippen LogP contribution in [0.3, 0.4) is 0 Å².